The van der Waals surface area contributed by atoms with Gasteiger partial charge in [0.05, 0.1) is 43.1 Å². The summed E-state index contributed by atoms with van der Waals surface area (Å²) in [7, 11) is 0. The molecular formula is C18H30N4O5. The summed E-state index contributed by atoms with van der Waals surface area (Å²) in [6.45, 7) is 0.293. The lowest BCUT2D eigenvalue weighted by atomic mass is 10.1. The van der Waals surface area contributed by atoms with E-state index in [9.17, 15) is 15.3 Å². The molecule has 152 valence electrons. The summed E-state index contributed by atoms with van der Waals surface area (Å²) in [5.74, 6) is 6.07. The normalized spacial score (nSPS) is 24.8. The lowest BCUT2D eigenvalue weighted by molar-refractivity contribution is 0.0174. The molecule has 1 aliphatic rings. The van der Waals surface area contributed by atoms with Gasteiger partial charge in [-0.25, -0.2) is 4.68 Å². The maximum absolute atomic E-state index is 10.2. The average Bonchev–Trinajstić information content (AvgIpc) is 3.17. The van der Waals surface area contributed by atoms with Crippen molar-refractivity contribution < 1.29 is 25.5 Å². The van der Waals surface area contributed by atoms with Gasteiger partial charge in [-0.3, -0.25) is 0 Å². The van der Waals surface area contributed by atoms with Gasteiger partial charge in [0.25, 0.3) is 0 Å². The Balaban J connectivity index is 2.10. The summed E-state index contributed by atoms with van der Waals surface area (Å²) in [4.78, 5) is 0. The number of aliphatic hydroxyl groups excluding tert-OH is 5. The van der Waals surface area contributed by atoms with Gasteiger partial charge in [-0.1, -0.05) is 11.1 Å². The van der Waals surface area contributed by atoms with E-state index in [1.54, 1.807) is 4.68 Å². The lowest BCUT2D eigenvalue weighted by Crippen LogP contribution is -2.38. The molecule has 0 amide bonds. The van der Waals surface area contributed by atoms with E-state index < -0.39 is 24.3 Å². The fourth-order valence-electron chi connectivity index (χ4n) is 3.16. The van der Waals surface area contributed by atoms with Crippen molar-refractivity contribution in [3.05, 3.63) is 11.4 Å². The molecule has 0 saturated carbocycles. The molecule has 4 atom stereocenters. The summed E-state index contributed by atoms with van der Waals surface area (Å²) in [6.07, 6.45) is 2.20. The Morgan fingerprint density at radius 2 is 1.67 bits per heavy atom. The molecule has 0 bridgehead atoms. The van der Waals surface area contributed by atoms with Crippen molar-refractivity contribution in [3.8, 4) is 11.8 Å². The van der Waals surface area contributed by atoms with Crippen LogP contribution >= 0.6 is 0 Å². The van der Waals surface area contributed by atoms with Crippen molar-refractivity contribution in [1.82, 2.24) is 20.3 Å². The fourth-order valence-corrected chi connectivity index (χ4v) is 3.16. The molecule has 0 aliphatic carbocycles. The Morgan fingerprint density at radius 3 is 2.33 bits per heavy atom. The minimum absolute atomic E-state index is 0.108. The van der Waals surface area contributed by atoms with Crippen LogP contribution < -0.4 is 5.32 Å². The van der Waals surface area contributed by atoms with Crippen LogP contribution in [0.3, 0.4) is 0 Å². The molecule has 9 heteroatoms. The molecule has 2 heterocycles. The highest BCUT2D eigenvalue weighted by Crippen LogP contribution is 2.18. The number of aromatic nitrogens is 3. The Hall–Kier alpha value is -1.54. The molecule has 2 rings (SSSR count). The number of hydrogen-bond acceptors (Lipinski definition) is 8. The average molecular weight is 382 g/mol. The van der Waals surface area contributed by atoms with Gasteiger partial charge < -0.3 is 30.8 Å². The summed E-state index contributed by atoms with van der Waals surface area (Å²) >= 11 is 0. The molecule has 0 radical (unpaired) electrons. The molecule has 1 fully saturated rings. The first-order chi connectivity index (χ1) is 13.1. The number of nitrogens with one attached hydrogen (secondary N) is 1. The predicted octanol–water partition coefficient (Wildman–Crippen LogP) is -1.84. The summed E-state index contributed by atoms with van der Waals surface area (Å²) in [5, 5.41) is 58.6. The topological polar surface area (TPSA) is 144 Å². The molecule has 0 spiro atoms. The molecule has 6 N–H and O–H groups in total. The molecule has 0 unspecified atom stereocenters. The van der Waals surface area contributed by atoms with Crippen molar-refractivity contribution in [1.29, 1.82) is 0 Å². The zero-order chi connectivity index (χ0) is 19.6. The Kier molecular flexibility index (Phi) is 9.14. The highest BCUT2D eigenvalue weighted by atomic mass is 16.3. The van der Waals surface area contributed by atoms with Crippen LogP contribution in [-0.2, 0) is 13.0 Å². The molecule has 27 heavy (non-hydrogen) atoms. The van der Waals surface area contributed by atoms with Crippen LogP contribution in [0.15, 0.2) is 0 Å². The van der Waals surface area contributed by atoms with Crippen molar-refractivity contribution in [2.24, 2.45) is 0 Å². The number of aliphatic hydroxyl groups is 5. The fraction of sp³-hybridized carbons (Fsp3) is 0.778. The maximum Gasteiger partial charge on any atom is 0.158 e. The summed E-state index contributed by atoms with van der Waals surface area (Å²) in [6, 6.07) is -1.03. The van der Waals surface area contributed by atoms with Gasteiger partial charge in [-0.05, 0) is 38.0 Å². The van der Waals surface area contributed by atoms with Crippen molar-refractivity contribution in [2.75, 3.05) is 19.8 Å². The number of rotatable bonds is 10. The first kappa shape index (κ1) is 21.8. The maximum atomic E-state index is 10.2. The van der Waals surface area contributed by atoms with Crippen LogP contribution in [0.2, 0.25) is 0 Å². The molecule has 1 saturated heterocycles. The van der Waals surface area contributed by atoms with Crippen LogP contribution in [0.25, 0.3) is 0 Å². The van der Waals surface area contributed by atoms with E-state index >= 15 is 0 Å². The van der Waals surface area contributed by atoms with Crippen LogP contribution in [0.5, 0.6) is 0 Å². The van der Waals surface area contributed by atoms with Gasteiger partial charge >= 0.3 is 0 Å². The number of hydrogen-bond donors (Lipinski definition) is 6. The van der Waals surface area contributed by atoms with Crippen LogP contribution in [0.4, 0.5) is 0 Å². The van der Waals surface area contributed by atoms with Crippen molar-refractivity contribution in [2.45, 2.75) is 69.4 Å². The summed E-state index contributed by atoms with van der Waals surface area (Å²) < 4.78 is 1.67. The van der Waals surface area contributed by atoms with Crippen LogP contribution in [-0.4, -0.2) is 84.6 Å². The van der Waals surface area contributed by atoms with Gasteiger partial charge in [-0.15, -0.1) is 5.10 Å². The third-order valence-electron chi connectivity index (χ3n) is 4.74. The van der Waals surface area contributed by atoms with Crippen molar-refractivity contribution >= 4 is 0 Å². The predicted molar refractivity (Wildman–Crippen MR) is 97.7 cm³/mol. The molecule has 0 aromatic carbocycles. The van der Waals surface area contributed by atoms with E-state index in [1.165, 1.54) is 0 Å². The van der Waals surface area contributed by atoms with Gasteiger partial charge in [0.2, 0.25) is 0 Å². The second-order valence-corrected chi connectivity index (χ2v) is 6.77. The van der Waals surface area contributed by atoms with E-state index in [0.29, 0.717) is 37.9 Å². The van der Waals surface area contributed by atoms with E-state index in [-0.39, 0.29) is 19.8 Å². The number of unbranched alkanes of at least 4 members (excludes halogenated alkanes) is 3. The third-order valence-corrected chi connectivity index (χ3v) is 4.74. The second-order valence-electron chi connectivity index (χ2n) is 6.77. The largest absolute Gasteiger partial charge is 0.396 e. The highest BCUT2D eigenvalue weighted by Gasteiger charge is 2.41. The Labute approximate surface area is 159 Å². The third kappa shape index (κ3) is 5.97. The quantitative estimate of drug-likeness (QED) is 0.205. The summed E-state index contributed by atoms with van der Waals surface area (Å²) in [5.41, 5.74) is 1.40. The lowest BCUT2D eigenvalue weighted by Gasteiger charge is -2.17. The number of nitrogens with zero attached hydrogens (tertiary/aromatic N) is 3. The minimum atomic E-state index is -1.04. The zero-order valence-corrected chi connectivity index (χ0v) is 15.5. The van der Waals surface area contributed by atoms with E-state index in [2.05, 4.69) is 27.5 Å². The smallest absolute Gasteiger partial charge is 0.158 e. The second kappa shape index (κ2) is 11.3. The molecule has 9 nitrogen and oxygen atoms in total. The minimum Gasteiger partial charge on any atom is -0.396 e. The van der Waals surface area contributed by atoms with E-state index in [1.807, 2.05) is 0 Å². The molecular weight excluding hydrogens is 352 g/mol. The Bertz CT molecular complexity index is 627. The van der Waals surface area contributed by atoms with Crippen LogP contribution in [0.1, 0.15) is 43.5 Å². The molecule has 1 aromatic heterocycles. The zero-order valence-electron chi connectivity index (χ0n) is 15.5. The van der Waals surface area contributed by atoms with Crippen LogP contribution in [0, 0.1) is 11.8 Å². The highest BCUT2D eigenvalue weighted by molar-refractivity contribution is 5.31. The van der Waals surface area contributed by atoms with E-state index in [0.717, 1.165) is 18.5 Å². The first-order valence-electron chi connectivity index (χ1n) is 9.48. The SMILES string of the molecule is OCCCCC#Cc1nnn(C[C@H]2N[C@H](CO)[C@@H](O)[C@@H]2O)c1CCCCO. The van der Waals surface area contributed by atoms with Crippen molar-refractivity contribution in [3.63, 3.8) is 0 Å². The monoisotopic (exact) mass is 382 g/mol. The standard InChI is InChI=1S/C18H30N4O5/c23-9-5-2-1-3-7-13-16(8-4-6-10-24)22(21-20-13)11-14-17(26)18(27)15(12-25)19-14/h14-15,17-19,23-27H,1-2,4-6,8-12H2/t14-,15-,17-,18-/m1/s1. The van der Waals surface area contributed by atoms with Gasteiger partial charge in [0.15, 0.2) is 5.69 Å². The van der Waals surface area contributed by atoms with Gasteiger partial charge in [0, 0.05) is 19.6 Å². The van der Waals surface area contributed by atoms with Gasteiger partial charge in [-0.2, -0.15) is 0 Å². The first-order valence-corrected chi connectivity index (χ1v) is 9.48. The Morgan fingerprint density at radius 1 is 0.963 bits per heavy atom. The molecule has 1 aromatic rings. The molecule has 1 aliphatic heterocycles. The van der Waals surface area contributed by atoms with Gasteiger partial charge in [0.1, 0.15) is 0 Å². The van der Waals surface area contributed by atoms with E-state index in [4.69, 9.17) is 10.2 Å².